The standard InChI is InChI=1S/C30H26N4O4/c1-17-5-9-19(10-6-17)21-13-30(29(36)38-4,14-24(35)37-3)26-25(20-11-7-18(2)8-12-20)23(16-32)28(33)34-27(26)22(21)15-31/h5-12H,13-14H2,1-4H3,(H2,33,34). The van der Waals surface area contributed by atoms with Crippen LogP contribution in [-0.2, 0) is 24.5 Å². The van der Waals surface area contributed by atoms with Crippen LogP contribution in [0, 0.1) is 36.5 Å². The van der Waals surface area contributed by atoms with Crippen LogP contribution in [0.25, 0.3) is 22.3 Å². The molecule has 4 rings (SSSR count). The molecule has 1 heterocycles. The van der Waals surface area contributed by atoms with Crippen LogP contribution in [0.15, 0.2) is 48.5 Å². The van der Waals surface area contributed by atoms with Crippen molar-refractivity contribution in [2.45, 2.75) is 32.1 Å². The van der Waals surface area contributed by atoms with E-state index < -0.39 is 23.8 Å². The molecule has 0 saturated carbocycles. The van der Waals surface area contributed by atoms with Gasteiger partial charge in [0.1, 0.15) is 28.9 Å². The van der Waals surface area contributed by atoms with E-state index in [4.69, 9.17) is 15.2 Å². The Bertz CT molecular complexity index is 1560. The lowest BCUT2D eigenvalue weighted by Gasteiger charge is -2.38. The Balaban J connectivity index is 2.24. The summed E-state index contributed by atoms with van der Waals surface area (Å²) in [5.74, 6) is -1.46. The SMILES string of the molecule is COC(=O)CC1(C(=O)OC)CC(c2ccc(C)cc2)=C(C#N)c2nc(N)c(C#N)c(-c3ccc(C)cc3)c21. The fraction of sp³-hybridized carbons (Fsp3) is 0.233. The number of ether oxygens (including phenoxy) is 2. The number of nitrogen functional groups attached to an aromatic ring is 1. The van der Waals surface area contributed by atoms with Crippen molar-refractivity contribution < 1.29 is 19.1 Å². The lowest BCUT2D eigenvalue weighted by molar-refractivity contribution is -0.154. The van der Waals surface area contributed by atoms with Crippen molar-refractivity contribution in [2.75, 3.05) is 20.0 Å². The first-order valence-electron chi connectivity index (χ1n) is 11.9. The summed E-state index contributed by atoms with van der Waals surface area (Å²) in [4.78, 5) is 31.1. The summed E-state index contributed by atoms with van der Waals surface area (Å²) in [6.07, 6.45) is -0.449. The molecule has 3 aromatic rings. The maximum absolute atomic E-state index is 13.8. The van der Waals surface area contributed by atoms with Crippen LogP contribution in [0.1, 0.15) is 46.4 Å². The van der Waals surface area contributed by atoms with Crippen molar-refractivity contribution in [1.29, 1.82) is 10.5 Å². The van der Waals surface area contributed by atoms with Crippen molar-refractivity contribution in [2.24, 2.45) is 0 Å². The number of carbonyl (C=O) groups is 2. The topological polar surface area (TPSA) is 139 Å². The summed E-state index contributed by atoms with van der Waals surface area (Å²) in [6.45, 7) is 3.86. The summed E-state index contributed by atoms with van der Waals surface area (Å²) in [7, 11) is 2.47. The number of pyridine rings is 1. The van der Waals surface area contributed by atoms with E-state index in [1.165, 1.54) is 14.2 Å². The van der Waals surface area contributed by atoms with Crippen LogP contribution in [0.5, 0.6) is 0 Å². The van der Waals surface area contributed by atoms with Gasteiger partial charge in [0.25, 0.3) is 0 Å². The third-order valence-electron chi connectivity index (χ3n) is 6.93. The van der Waals surface area contributed by atoms with Crippen LogP contribution in [-0.4, -0.2) is 31.1 Å². The molecule has 38 heavy (non-hydrogen) atoms. The Kier molecular flexibility index (Phi) is 7.01. The molecular formula is C30H26N4O4. The molecular weight excluding hydrogens is 480 g/mol. The Hall–Kier alpha value is -4.95. The number of aromatic nitrogens is 1. The molecule has 0 bridgehead atoms. The van der Waals surface area contributed by atoms with Gasteiger partial charge in [0.05, 0.1) is 31.9 Å². The van der Waals surface area contributed by atoms with Gasteiger partial charge in [-0.25, -0.2) is 4.98 Å². The van der Waals surface area contributed by atoms with E-state index in [2.05, 4.69) is 17.1 Å². The van der Waals surface area contributed by atoms with E-state index >= 15 is 0 Å². The lowest BCUT2D eigenvalue weighted by atomic mass is 9.63. The third kappa shape index (κ3) is 4.27. The molecule has 1 aromatic heterocycles. The van der Waals surface area contributed by atoms with Gasteiger partial charge in [0.2, 0.25) is 0 Å². The number of fused-ring (bicyclic) bond motifs is 1. The average Bonchev–Trinajstić information content (AvgIpc) is 2.92. The predicted octanol–water partition coefficient (Wildman–Crippen LogP) is 4.63. The number of carbonyl (C=O) groups excluding carboxylic acids is 2. The first kappa shape index (κ1) is 26.1. The smallest absolute Gasteiger partial charge is 0.317 e. The number of benzene rings is 2. The number of allylic oxidation sites excluding steroid dienone is 2. The molecule has 8 heteroatoms. The molecule has 0 amide bonds. The van der Waals surface area contributed by atoms with E-state index in [1.54, 1.807) is 12.1 Å². The number of hydrogen-bond donors (Lipinski definition) is 1. The van der Waals surface area contributed by atoms with Crippen LogP contribution >= 0.6 is 0 Å². The second-order valence-electron chi connectivity index (χ2n) is 9.28. The molecule has 1 aliphatic rings. The normalized spacial score (nSPS) is 16.2. The first-order valence-corrected chi connectivity index (χ1v) is 11.9. The summed E-state index contributed by atoms with van der Waals surface area (Å²) >= 11 is 0. The highest BCUT2D eigenvalue weighted by atomic mass is 16.5. The molecule has 0 fully saturated rings. The minimum atomic E-state index is -1.65. The quantitative estimate of drug-likeness (QED) is 0.494. The van der Waals surface area contributed by atoms with Gasteiger partial charge in [-0.1, -0.05) is 59.7 Å². The average molecular weight is 507 g/mol. The van der Waals surface area contributed by atoms with Crippen LogP contribution in [0.4, 0.5) is 5.82 Å². The minimum absolute atomic E-state index is 0.0434. The van der Waals surface area contributed by atoms with Gasteiger partial charge < -0.3 is 15.2 Å². The number of nitrogens with zero attached hydrogens (tertiary/aromatic N) is 3. The number of rotatable bonds is 5. The van der Waals surface area contributed by atoms with E-state index in [0.717, 1.165) is 11.1 Å². The van der Waals surface area contributed by atoms with Gasteiger partial charge >= 0.3 is 11.9 Å². The number of anilines is 1. The summed E-state index contributed by atoms with van der Waals surface area (Å²) in [5, 5.41) is 20.5. The van der Waals surface area contributed by atoms with Gasteiger partial charge in [0, 0.05) is 11.1 Å². The molecule has 0 saturated heterocycles. The number of methoxy groups -OCH3 is 2. The number of esters is 2. The Morgan fingerprint density at radius 3 is 2.03 bits per heavy atom. The zero-order valence-electron chi connectivity index (χ0n) is 21.6. The number of nitrogens with two attached hydrogens (primary N) is 1. The highest BCUT2D eigenvalue weighted by Gasteiger charge is 2.52. The fourth-order valence-corrected chi connectivity index (χ4v) is 5.03. The molecule has 1 atom stereocenters. The van der Waals surface area contributed by atoms with Crippen molar-refractivity contribution in [3.05, 3.63) is 82.0 Å². The fourth-order valence-electron chi connectivity index (χ4n) is 5.03. The van der Waals surface area contributed by atoms with E-state index in [-0.39, 0.29) is 34.6 Å². The Labute approximate surface area is 220 Å². The molecule has 0 aliphatic heterocycles. The summed E-state index contributed by atoms with van der Waals surface area (Å²) in [5.41, 5.74) is 9.41. The zero-order chi connectivity index (χ0) is 27.6. The largest absolute Gasteiger partial charge is 0.469 e. The van der Waals surface area contributed by atoms with Gasteiger partial charge in [0.15, 0.2) is 0 Å². The van der Waals surface area contributed by atoms with E-state index in [0.29, 0.717) is 22.3 Å². The monoisotopic (exact) mass is 506 g/mol. The van der Waals surface area contributed by atoms with Gasteiger partial charge in [-0.15, -0.1) is 0 Å². The van der Waals surface area contributed by atoms with Crippen LogP contribution in [0.2, 0.25) is 0 Å². The molecule has 1 unspecified atom stereocenters. The molecule has 2 N–H and O–H groups in total. The number of aryl methyl sites for hydroxylation is 2. The molecule has 0 spiro atoms. The maximum atomic E-state index is 13.8. The van der Waals surface area contributed by atoms with E-state index in [9.17, 15) is 20.1 Å². The molecule has 0 radical (unpaired) electrons. The third-order valence-corrected chi connectivity index (χ3v) is 6.93. The first-order chi connectivity index (χ1) is 18.2. The summed E-state index contributed by atoms with van der Waals surface area (Å²) in [6, 6.07) is 19.2. The van der Waals surface area contributed by atoms with Gasteiger partial charge in [-0.2, -0.15) is 10.5 Å². The highest BCUT2D eigenvalue weighted by molar-refractivity contribution is 6.07. The number of nitriles is 2. The second kappa shape index (κ2) is 10.2. The van der Waals surface area contributed by atoms with Gasteiger partial charge in [-0.3, -0.25) is 9.59 Å². The molecule has 8 nitrogen and oxygen atoms in total. The van der Waals surface area contributed by atoms with Crippen molar-refractivity contribution >= 4 is 28.9 Å². The van der Waals surface area contributed by atoms with Crippen molar-refractivity contribution in [1.82, 2.24) is 4.98 Å². The van der Waals surface area contributed by atoms with Crippen LogP contribution < -0.4 is 5.73 Å². The second-order valence-corrected chi connectivity index (χ2v) is 9.28. The minimum Gasteiger partial charge on any atom is -0.469 e. The molecule has 190 valence electrons. The van der Waals surface area contributed by atoms with Crippen LogP contribution in [0.3, 0.4) is 0 Å². The summed E-state index contributed by atoms with van der Waals surface area (Å²) < 4.78 is 10.3. The van der Waals surface area contributed by atoms with Crippen molar-refractivity contribution in [3.63, 3.8) is 0 Å². The lowest BCUT2D eigenvalue weighted by Crippen LogP contribution is -2.43. The number of hydrogen-bond acceptors (Lipinski definition) is 8. The zero-order valence-corrected chi connectivity index (χ0v) is 21.6. The maximum Gasteiger partial charge on any atom is 0.317 e. The van der Waals surface area contributed by atoms with E-state index in [1.807, 2.05) is 50.2 Å². The Morgan fingerprint density at radius 2 is 1.53 bits per heavy atom. The highest BCUT2D eigenvalue weighted by Crippen LogP contribution is 2.53. The molecule has 1 aliphatic carbocycles. The Morgan fingerprint density at radius 1 is 0.947 bits per heavy atom. The van der Waals surface area contributed by atoms with Gasteiger partial charge in [-0.05, 0) is 37.0 Å². The predicted molar refractivity (Wildman–Crippen MR) is 142 cm³/mol. The molecule has 2 aromatic carbocycles. The van der Waals surface area contributed by atoms with Crippen molar-refractivity contribution in [3.8, 4) is 23.3 Å².